The Morgan fingerprint density at radius 3 is 3.00 bits per heavy atom. The molecule has 0 saturated carbocycles. The van der Waals surface area contributed by atoms with Gasteiger partial charge in [-0.1, -0.05) is 27.5 Å². The first-order valence-corrected chi connectivity index (χ1v) is 6.72. The summed E-state index contributed by atoms with van der Waals surface area (Å²) in [5.74, 6) is 0.239. The van der Waals surface area contributed by atoms with Crippen LogP contribution in [0, 0.1) is 0 Å². The van der Waals surface area contributed by atoms with E-state index < -0.39 is 0 Å². The van der Waals surface area contributed by atoms with Gasteiger partial charge in [-0.05, 0) is 18.2 Å². The van der Waals surface area contributed by atoms with Crippen LogP contribution in [0.4, 0.5) is 5.69 Å². The average Bonchev–Trinajstić information content (AvgIpc) is 2.28. The smallest absolute Gasteiger partial charge is 0.320 e. The number of hydrogen-bond acceptors (Lipinski definition) is 4. The second kappa shape index (κ2) is 6.37. The minimum absolute atomic E-state index is 0.299. The van der Waals surface area contributed by atoms with E-state index in [9.17, 15) is 4.79 Å². The van der Waals surface area contributed by atoms with Gasteiger partial charge in [-0.25, -0.2) is 0 Å². The molecule has 0 radical (unpaired) electrons. The molecule has 88 valence electrons. The summed E-state index contributed by atoms with van der Waals surface area (Å²) in [4.78, 5) is 11.7. The Balaban J connectivity index is 2.60. The Bertz CT molecular complexity index is 389. The standard InChI is InChI=1S/C10H11BrClNO2S/c1-15-10(14)7(11)5-16-9-4-6(13)2-3-8(9)12/h2-4,7H,5,13H2,1H3. The number of rotatable bonds is 4. The van der Waals surface area contributed by atoms with Gasteiger partial charge in [-0.15, -0.1) is 11.8 Å². The molecule has 1 aromatic carbocycles. The number of halogens is 2. The van der Waals surface area contributed by atoms with Crippen LogP contribution >= 0.6 is 39.3 Å². The van der Waals surface area contributed by atoms with Crippen LogP contribution in [0.2, 0.25) is 5.02 Å². The molecule has 0 aromatic heterocycles. The third-order valence-corrected chi connectivity index (χ3v) is 4.51. The maximum absolute atomic E-state index is 11.1. The third kappa shape index (κ3) is 3.88. The number of nitrogen functional groups attached to an aromatic ring is 1. The van der Waals surface area contributed by atoms with E-state index in [1.807, 2.05) is 0 Å². The van der Waals surface area contributed by atoms with Crippen molar-refractivity contribution in [1.82, 2.24) is 0 Å². The van der Waals surface area contributed by atoms with Crippen molar-refractivity contribution in [2.45, 2.75) is 9.72 Å². The van der Waals surface area contributed by atoms with E-state index in [0.717, 1.165) is 4.90 Å². The van der Waals surface area contributed by atoms with E-state index in [1.54, 1.807) is 18.2 Å². The van der Waals surface area contributed by atoms with Gasteiger partial charge in [0.05, 0.1) is 12.1 Å². The highest BCUT2D eigenvalue weighted by Crippen LogP contribution is 2.30. The van der Waals surface area contributed by atoms with Crippen molar-refractivity contribution in [2.75, 3.05) is 18.6 Å². The summed E-state index contributed by atoms with van der Waals surface area (Å²) >= 11 is 10.7. The van der Waals surface area contributed by atoms with E-state index in [1.165, 1.54) is 18.9 Å². The Hall–Kier alpha value is -0.390. The first-order chi connectivity index (χ1) is 7.54. The lowest BCUT2D eigenvalue weighted by Crippen LogP contribution is -2.17. The molecule has 0 aliphatic carbocycles. The number of carbonyl (C=O) groups excluding carboxylic acids is 1. The molecule has 0 spiro atoms. The van der Waals surface area contributed by atoms with Crippen LogP contribution in [0.5, 0.6) is 0 Å². The van der Waals surface area contributed by atoms with Crippen molar-refractivity contribution in [1.29, 1.82) is 0 Å². The number of benzene rings is 1. The summed E-state index contributed by atoms with van der Waals surface area (Å²) in [7, 11) is 1.36. The lowest BCUT2D eigenvalue weighted by molar-refractivity contribution is -0.139. The number of anilines is 1. The van der Waals surface area contributed by atoms with Gasteiger partial charge in [0.2, 0.25) is 0 Å². The van der Waals surface area contributed by atoms with E-state index in [-0.39, 0.29) is 10.8 Å². The molecule has 3 nitrogen and oxygen atoms in total. The first-order valence-electron chi connectivity index (χ1n) is 4.44. The van der Waals surface area contributed by atoms with E-state index >= 15 is 0 Å². The molecular formula is C10H11BrClNO2S. The molecule has 0 heterocycles. The van der Waals surface area contributed by atoms with Crippen LogP contribution in [0.1, 0.15) is 0 Å². The molecule has 1 rings (SSSR count). The number of alkyl halides is 1. The highest BCUT2D eigenvalue weighted by Gasteiger charge is 2.16. The predicted molar refractivity (Wildman–Crippen MR) is 71.3 cm³/mol. The first kappa shape index (κ1) is 13.7. The van der Waals surface area contributed by atoms with E-state index in [4.69, 9.17) is 17.3 Å². The molecule has 1 atom stereocenters. The maximum atomic E-state index is 11.1. The molecule has 6 heteroatoms. The number of esters is 1. The fourth-order valence-electron chi connectivity index (χ4n) is 0.989. The fraction of sp³-hybridized carbons (Fsp3) is 0.300. The number of hydrogen-bond donors (Lipinski definition) is 1. The summed E-state index contributed by atoms with van der Waals surface area (Å²) in [6.45, 7) is 0. The number of nitrogens with two attached hydrogens (primary N) is 1. The van der Waals surface area contributed by atoms with Crippen molar-refractivity contribution in [3.05, 3.63) is 23.2 Å². The minimum Gasteiger partial charge on any atom is -0.468 e. The third-order valence-electron chi connectivity index (χ3n) is 1.80. The molecular weight excluding hydrogens is 314 g/mol. The molecule has 0 aliphatic heterocycles. The van der Waals surface area contributed by atoms with Crippen LogP contribution < -0.4 is 5.73 Å². The van der Waals surface area contributed by atoms with Gasteiger partial charge in [0.25, 0.3) is 0 Å². The SMILES string of the molecule is COC(=O)C(Br)CSc1cc(N)ccc1Cl. The van der Waals surface area contributed by atoms with Crippen LogP contribution in [0.3, 0.4) is 0 Å². The Morgan fingerprint density at radius 1 is 1.69 bits per heavy atom. The van der Waals surface area contributed by atoms with Gasteiger partial charge >= 0.3 is 5.97 Å². The highest BCUT2D eigenvalue weighted by atomic mass is 79.9. The summed E-state index contributed by atoms with van der Waals surface area (Å²) in [6, 6.07) is 5.25. The molecule has 2 N–H and O–H groups in total. The van der Waals surface area contributed by atoms with Crippen molar-refractivity contribution in [2.24, 2.45) is 0 Å². The quantitative estimate of drug-likeness (QED) is 0.400. The second-order valence-electron chi connectivity index (χ2n) is 2.99. The number of ether oxygens (including phenoxy) is 1. The van der Waals surface area contributed by atoms with Crippen molar-refractivity contribution in [3.63, 3.8) is 0 Å². The van der Waals surface area contributed by atoms with Crippen molar-refractivity contribution in [3.8, 4) is 0 Å². The zero-order valence-corrected chi connectivity index (χ0v) is 11.7. The summed E-state index contributed by atoms with van der Waals surface area (Å²) in [5, 5.41) is 0.628. The van der Waals surface area contributed by atoms with Crippen molar-refractivity contribution < 1.29 is 9.53 Å². The molecule has 0 saturated heterocycles. The van der Waals surface area contributed by atoms with E-state index in [0.29, 0.717) is 16.5 Å². The molecule has 0 aliphatic rings. The van der Waals surface area contributed by atoms with Crippen LogP contribution in [-0.4, -0.2) is 23.7 Å². The molecule has 0 bridgehead atoms. The van der Waals surface area contributed by atoms with Gasteiger partial charge in [-0.2, -0.15) is 0 Å². The number of carbonyl (C=O) groups is 1. The lowest BCUT2D eigenvalue weighted by atomic mass is 10.3. The summed E-state index contributed by atoms with van der Waals surface area (Å²) in [5.41, 5.74) is 6.29. The molecule has 0 fully saturated rings. The zero-order chi connectivity index (χ0) is 12.1. The second-order valence-corrected chi connectivity index (χ2v) is 5.57. The monoisotopic (exact) mass is 323 g/mol. The van der Waals surface area contributed by atoms with Crippen LogP contribution in [-0.2, 0) is 9.53 Å². The van der Waals surface area contributed by atoms with Gasteiger partial charge < -0.3 is 10.5 Å². The summed E-state index contributed by atoms with van der Waals surface area (Å²) < 4.78 is 4.60. The Labute approximate surface area is 112 Å². The molecule has 1 unspecified atom stereocenters. The topological polar surface area (TPSA) is 52.3 Å². The van der Waals surface area contributed by atoms with Gasteiger partial charge in [0, 0.05) is 16.3 Å². The van der Waals surface area contributed by atoms with Gasteiger partial charge in [-0.3, -0.25) is 4.79 Å². The fourth-order valence-corrected chi connectivity index (χ4v) is 2.74. The largest absolute Gasteiger partial charge is 0.468 e. The Kier molecular flexibility index (Phi) is 5.44. The molecule has 0 amide bonds. The van der Waals surface area contributed by atoms with Gasteiger partial charge in [0.15, 0.2) is 0 Å². The van der Waals surface area contributed by atoms with E-state index in [2.05, 4.69) is 20.7 Å². The molecule has 1 aromatic rings. The van der Waals surface area contributed by atoms with Crippen LogP contribution in [0.15, 0.2) is 23.1 Å². The number of thioether (sulfide) groups is 1. The highest BCUT2D eigenvalue weighted by molar-refractivity contribution is 9.10. The normalized spacial score (nSPS) is 12.2. The summed E-state index contributed by atoms with van der Waals surface area (Å²) in [6.07, 6.45) is 0. The number of methoxy groups -OCH3 is 1. The minimum atomic E-state index is -0.347. The maximum Gasteiger partial charge on any atom is 0.320 e. The van der Waals surface area contributed by atoms with Crippen molar-refractivity contribution >= 4 is 50.9 Å². The lowest BCUT2D eigenvalue weighted by Gasteiger charge is -2.08. The Morgan fingerprint density at radius 2 is 2.38 bits per heavy atom. The predicted octanol–water partition coefficient (Wildman–Crippen LogP) is 2.95. The average molecular weight is 325 g/mol. The molecule has 16 heavy (non-hydrogen) atoms. The van der Waals surface area contributed by atoms with Gasteiger partial charge in [0.1, 0.15) is 4.83 Å². The zero-order valence-electron chi connectivity index (χ0n) is 8.57. The van der Waals surface area contributed by atoms with Crippen LogP contribution in [0.25, 0.3) is 0 Å².